The zero-order valence-corrected chi connectivity index (χ0v) is 24.9. The van der Waals surface area contributed by atoms with Crippen LogP contribution in [-0.2, 0) is 23.9 Å². The number of hydrogen-bond donors (Lipinski definition) is 1. The standard InChI is InChI=1S/C31H43N5O6/c1-20(2)18-24(32-29(39)22-7-9-23(10-8-22)33-14-16-42-17-15-33)30(40)35-13-11-25-28(35)27(38)19-36(25)31(41)26-6-4-5-12-34(26)21(3)37/h7-10,20,24-26,28H,4-6,11-19H2,1-3H3,(H,32,39). The summed E-state index contributed by atoms with van der Waals surface area (Å²) in [5.74, 6) is -1.01. The largest absolute Gasteiger partial charge is 0.378 e. The molecule has 0 bridgehead atoms. The minimum Gasteiger partial charge on any atom is -0.378 e. The third kappa shape index (κ3) is 6.16. The van der Waals surface area contributed by atoms with Crippen molar-refractivity contribution in [2.45, 2.75) is 77.0 Å². The normalized spacial score (nSPS) is 25.0. The van der Waals surface area contributed by atoms with Crippen LogP contribution in [0.15, 0.2) is 24.3 Å². The van der Waals surface area contributed by atoms with Crippen LogP contribution < -0.4 is 10.2 Å². The molecule has 0 saturated carbocycles. The van der Waals surface area contributed by atoms with Crippen molar-refractivity contribution >= 4 is 35.1 Å². The number of rotatable bonds is 7. The number of amides is 4. The molecule has 4 aliphatic heterocycles. The molecular weight excluding hydrogens is 538 g/mol. The SMILES string of the molecule is CC(=O)N1CCCCC1C(=O)N1CC(=O)C2C1CCN2C(=O)C(CC(C)C)NC(=O)c1ccc(N2CCOCC2)cc1. The van der Waals surface area contributed by atoms with E-state index in [1.165, 1.54) is 6.92 Å². The predicted octanol–water partition coefficient (Wildman–Crippen LogP) is 1.45. The van der Waals surface area contributed by atoms with Crippen LogP contribution >= 0.6 is 0 Å². The van der Waals surface area contributed by atoms with Gasteiger partial charge in [-0.2, -0.15) is 0 Å². The number of Topliss-reactive ketones (excluding diaryl/α,β-unsaturated/α-hetero) is 1. The van der Waals surface area contributed by atoms with Crippen molar-refractivity contribution in [3.8, 4) is 0 Å². The summed E-state index contributed by atoms with van der Waals surface area (Å²) in [4.78, 5) is 73.2. The molecule has 4 fully saturated rings. The maximum absolute atomic E-state index is 13.9. The van der Waals surface area contributed by atoms with Crippen molar-refractivity contribution in [2.24, 2.45) is 5.92 Å². The average Bonchev–Trinajstić information content (AvgIpc) is 3.57. The maximum Gasteiger partial charge on any atom is 0.251 e. The molecule has 0 aliphatic carbocycles. The van der Waals surface area contributed by atoms with Crippen LogP contribution in [0.2, 0.25) is 0 Å². The molecule has 4 aliphatic rings. The van der Waals surface area contributed by atoms with E-state index in [0.29, 0.717) is 51.1 Å². The Kier molecular flexibility index (Phi) is 9.15. The Morgan fingerprint density at radius 2 is 1.64 bits per heavy atom. The van der Waals surface area contributed by atoms with E-state index in [9.17, 15) is 24.0 Å². The van der Waals surface area contributed by atoms with Gasteiger partial charge in [0.1, 0.15) is 18.1 Å². The third-order valence-corrected chi connectivity index (χ3v) is 9.00. The van der Waals surface area contributed by atoms with Gasteiger partial charge in [0.25, 0.3) is 5.91 Å². The van der Waals surface area contributed by atoms with Crippen molar-refractivity contribution in [2.75, 3.05) is 50.8 Å². The van der Waals surface area contributed by atoms with Crippen molar-refractivity contribution in [1.82, 2.24) is 20.0 Å². The van der Waals surface area contributed by atoms with Crippen LogP contribution in [-0.4, -0.2) is 114 Å². The summed E-state index contributed by atoms with van der Waals surface area (Å²) >= 11 is 0. The smallest absolute Gasteiger partial charge is 0.251 e. The molecule has 4 saturated heterocycles. The van der Waals surface area contributed by atoms with Crippen LogP contribution in [0.3, 0.4) is 0 Å². The van der Waals surface area contributed by atoms with Crippen LogP contribution in [0, 0.1) is 5.92 Å². The highest BCUT2D eigenvalue weighted by molar-refractivity contribution is 6.01. The summed E-state index contributed by atoms with van der Waals surface area (Å²) < 4.78 is 5.42. The number of likely N-dealkylation sites (tertiary alicyclic amines) is 3. The zero-order valence-electron chi connectivity index (χ0n) is 24.9. The van der Waals surface area contributed by atoms with Crippen LogP contribution in [0.25, 0.3) is 0 Å². The lowest BCUT2D eigenvalue weighted by Gasteiger charge is -2.37. The molecule has 11 nitrogen and oxygen atoms in total. The minimum atomic E-state index is -0.792. The molecule has 1 N–H and O–H groups in total. The first-order chi connectivity index (χ1) is 20.2. The Hall–Kier alpha value is -3.47. The monoisotopic (exact) mass is 581 g/mol. The number of morpholine rings is 1. The molecule has 1 aromatic carbocycles. The van der Waals surface area contributed by atoms with E-state index in [0.717, 1.165) is 31.6 Å². The van der Waals surface area contributed by atoms with Crippen molar-refractivity contribution < 1.29 is 28.7 Å². The van der Waals surface area contributed by atoms with E-state index in [1.807, 2.05) is 26.0 Å². The molecule has 4 heterocycles. The van der Waals surface area contributed by atoms with Gasteiger partial charge >= 0.3 is 0 Å². The predicted molar refractivity (Wildman–Crippen MR) is 156 cm³/mol. The molecule has 4 amide bonds. The maximum atomic E-state index is 13.9. The van der Waals surface area contributed by atoms with Gasteiger partial charge < -0.3 is 29.7 Å². The van der Waals surface area contributed by atoms with Gasteiger partial charge in [0.2, 0.25) is 17.7 Å². The third-order valence-electron chi connectivity index (χ3n) is 9.00. The summed E-state index contributed by atoms with van der Waals surface area (Å²) in [6.07, 6.45) is 3.21. The quantitative estimate of drug-likeness (QED) is 0.518. The number of ketones is 1. The second-order valence-electron chi connectivity index (χ2n) is 12.3. The fourth-order valence-electron chi connectivity index (χ4n) is 6.89. The summed E-state index contributed by atoms with van der Waals surface area (Å²) in [7, 11) is 0. The van der Waals surface area contributed by atoms with E-state index in [2.05, 4.69) is 10.2 Å². The molecule has 5 rings (SSSR count). The molecule has 1 aromatic rings. The molecule has 4 atom stereocenters. The lowest BCUT2D eigenvalue weighted by molar-refractivity contribution is -0.147. The van der Waals surface area contributed by atoms with Gasteiger partial charge in [0.05, 0.1) is 25.8 Å². The molecule has 0 radical (unpaired) electrons. The van der Waals surface area contributed by atoms with Gasteiger partial charge in [-0.15, -0.1) is 0 Å². The molecule has 228 valence electrons. The van der Waals surface area contributed by atoms with Gasteiger partial charge in [-0.3, -0.25) is 24.0 Å². The Labute approximate surface area is 247 Å². The number of fused-ring (bicyclic) bond motifs is 1. The molecule has 4 unspecified atom stereocenters. The number of nitrogens with zero attached hydrogens (tertiary/aromatic N) is 4. The lowest BCUT2D eigenvalue weighted by Crippen LogP contribution is -2.54. The van der Waals surface area contributed by atoms with E-state index in [-0.39, 0.29) is 41.9 Å². The number of carbonyl (C=O) groups excluding carboxylic acids is 5. The Morgan fingerprint density at radius 3 is 2.31 bits per heavy atom. The first-order valence-corrected chi connectivity index (χ1v) is 15.3. The molecule has 11 heteroatoms. The zero-order chi connectivity index (χ0) is 30.0. The van der Waals surface area contributed by atoms with E-state index in [4.69, 9.17) is 4.74 Å². The van der Waals surface area contributed by atoms with Gasteiger partial charge in [-0.25, -0.2) is 0 Å². The van der Waals surface area contributed by atoms with E-state index < -0.39 is 24.2 Å². The van der Waals surface area contributed by atoms with E-state index >= 15 is 0 Å². The number of piperidine rings is 1. The number of carbonyl (C=O) groups is 5. The van der Waals surface area contributed by atoms with Crippen molar-refractivity contribution in [1.29, 1.82) is 0 Å². The van der Waals surface area contributed by atoms with Gasteiger partial charge in [0.15, 0.2) is 5.78 Å². The first kappa shape index (κ1) is 30.0. The van der Waals surface area contributed by atoms with Crippen LogP contribution in [0.4, 0.5) is 5.69 Å². The average molecular weight is 582 g/mol. The highest BCUT2D eigenvalue weighted by Crippen LogP contribution is 2.33. The van der Waals surface area contributed by atoms with Crippen LogP contribution in [0.1, 0.15) is 63.2 Å². The number of anilines is 1. The molecule has 0 spiro atoms. The second kappa shape index (κ2) is 12.8. The van der Waals surface area contributed by atoms with Gasteiger partial charge in [-0.1, -0.05) is 13.8 Å². The lowest BCUT2D eigenvalue weighted by atomic mass is 10.00. The summed E-state index contributed by atoms with van der Waals surface area (Å²) in [5.41, 5.74) is 1.48. The minimum absolute atomic E-state index is 0.0586. The summed E-state index contributed by atoms with van der Waals surface area (Å²) in [6.45, 7) is 9.21. The number of hydrogen-bond acceptors (Lipinski definition) is 7. The molecular formula is C31H43N5O6. The molecule has 42 heavy (non-hydrogen) atoms. The summed E-state index contributed by atoms with van der Waals surface area (Å²) in [5, 5.41) is 2.94. The highest BCUT2D eigenvalue weighted by Gasteiger charge is 2.53. The van der Waals surface area contributed by atoms with Crippen molar-refractivity contribution in [3.63, 3.8) is 0 Å². The van der Waals surface area contributed by atoms with Gasteiger partial charge in [-0.05, 0) is 62.3 Å². The van der Waals surface area contributed by atoms with Crippen LogP contribution in [0.5, 0.6) is 0 Å². The van der Waals surface area contributed by atoms with Crippen molar-refractivity contribution in [3.05, 3.63) is 29.8 Å². The fraction of sp³-hybridized carbons (Fsp3) is 0.645. The summed E-state index contributed by atoms with van der Waals surface area (Å²) in [6, 6.07) is 4.86. The topological polar surface area (TPSA) is 120 Å². The fourth-order valence-corrected chi connectivity index (χ4v) is 6.89. The number of benzene rings is 1. The molecule has 0 aromatic heterocycles. The second-order valence-corrected chi connectivity index (χ2v) is 12.3. The Morgan fingerprint density at radius 1 is 0.929 bits per heavy atom. The van der Waals surface area contributed by atoms with E-state index in [1.54, 1.807) is 26.8 Å². The highest BCUT2D eigenvalue weighted by atomic mass is 16.5. The Balaban J connectivity index is 1.27. The van der Waals surface area contributed by atoms with Gasteiger partial charge in [0, 0.05) is 44.4 Å². The first-order valence-electron chi connectivity index (χ1n) is 15.3. The number of nitrogens with one attached hydrogen (secondary N) is 1. The number of ether oxygens (including phenoxy) is 1. The Bertz CT molecular complexity index is 1200.